The quantitative estimate of drug-likeness (QED) is 0.497. The van der Waals surface area contributed by atoms with Crippen LogP contribution < -0.4 is 15.1 Å². The molecule has 0 atom stereocenters. The maximum absolute atomic E-state index is 13.6. The Balaban J connectivity index is 1.64. The normalized spacial score (nSPS) is 16.9. The van der Waals surface area contributed by atoms with E-state index in [2.05, 4.69) is 11.9 Å². The van der Waals surface area contributed by atoms with Crippen LogP contribution in [0.2, 0.25) is 0 Å². The monoisotopic (exact) mass is 498 g/mol. The van der Waals surface area contributed by atoms with Gasteiger partial charge in [-0.25, -0.2) is 0 Å². The van der Waals surface area contributed by atoms with E-state index in [1.54, 1.807) is 11.0 Å². The summed E-state index contributed by atoms with van der Waals surface area (Å²) in [6.07, 6.45) is -0.0876. The predicted molar refractivity (Wildman–Crippen MR) is 133 cm³/mol. The van der Waals surface area contributed by atoms with E-state index in [1.165, 1.54) is 11.0 Å². The summed E-state index contributed by atoms with van der Waals surface area (Å²) in [6.45, 7) is 3.93. The summed E-state index contributed by atoms with van der Waals surface area (Å²) in [6, 6.07) is 12.6. The lowest BCUT2D eigenvalue weighted by molar-refractivity contribution is -0.137. The number of carbonyl (C=O) groups is 1. The molecule has 4 rings (SSSR count). The lowest BCUT2D eigenvalue weighted by Gasteiger charge is -2.43. The van der Waals surface area contributed by atoms with Gasteiger partial charge in [0.15, 0.2) is 5.11 Å². The summed E-state index contributed by atoms with van der Waals surface area (Å²) in [5.74, 6) is -0.332. The zero-order chi connectivity index (χ0) is 25.4. The summed E-state index contributed by atoms with van der Waals surface area (Å²) < 4.78 is 40.7. The van der Waals surface area contributed by atoms with Crippen molar-refractivity contribution in [2.75, 3.05) is 16.8 Å². The summed E-state index contributed by atoms with van der Waals surface area (Å²) in [5.41, 5.74) is 0.388. The van der Waals surface area contributed by atoms with Crippen LogP contribution in [0.3, 0.4) is 0 Å². The number of halogens is 3. The van der Waals surface area contributed by atoms with Crippen molar-refractivity contribution in [2.24, 2.45) is 0 Å². The maximum atomic E-state index is 13.6. The Hall–Kier alpha value is -3.38. The first-order chi connectivity index (χ1) is 16.6. The number of nitriles is 1. The van der Waals surface area contributed by atoms with Gasteiger partial charge >= 0.3 is 6.18 Å². The van der Waals surface area contributed by atoms with Gasteiger partial charge in [0.2, 0.25) is 0 Å². The van der Waals surface area contributed by atoms with E-state index in [0.717, 1.165) is 54.8 Å². The van der Waals surface area contributed by atoms with Crippen LogP contribution in [0, 0.1) is 11.3 Å². The first kappa shape index (κ1) is 24.7. The van der Waals surface area contributed by atoms with E-state index in [0.29, 0.717) is 12.8 Å². The van der Waals surface area contributed by atoms with Crippen molar-refractivity contribution in [3.05, 3.63) is 71.4 Å². The molecule has 5 nitrogen and oxygen atoms in total. The van der Waals surface area contributed by atoms with Crippen LogP contribution >= 0.6 is 12.2 Å². The number of anilines is 2. The number of benzene rings is 2. The second-order valence-corrected chi connectivity index (χ2v) is 9.22. The van der Waals surface area contributed by atoms with Gasteiger partial charge in [-0.1, -0.05) is 18.7 Å². The number of nitrogens with one attached hydrogen (secondary N) is 1. The van der Waals surface area contributed by atoms with Crippen LogP contribution in [-0.2, 0) is 17.4 Å². The standard InChI is InChI=1S/C26H25F3N4OS/c1-17(31-2)5-3-6-18-7-10-20(11-8-18)33-24(35)32(23(34)25(33)13-4-14-25)21-12-9-19(16-30)22(15-21)26(27,28)29/h7-12,15,31H,1,3-6,13-14H2,2H3. The molecular formula is C26H25F3N4OS. The van der Waals surface area contributed by atoms with Crippen LogP contribution in [0.1, 0.15) is 48.8 Å². The first-order valence-electron chi connectivity index (χ1n) is 11.4. The van der Waals surface area contributed by atoms with E-state index in [4.69, 9.17) is 17.5 Å². The highest BCUT2D eigenvalue weighted by atomic mass is 32.1. The zero-order valence-electron chi connectivity index (χ0n) is 19.3. The molecule has 1 N–H and O–H groups in total. The number of allylic oxidation sites excluding steroid dienone is 1. The Morgan fingerprint density at radius 2 is 1.86 bits per heavy atom. The van der Waals surface area contributed by atoms with Gasteiger partial charge in [-0.05, 0) is 86.6 Å². The molecule has 2 aromatic carbocycles. The molecular weight excluding hydrogens is 473 g/mol. The highest BCUT2D eigenvalue weighted by Crippen LogP contribution is 2.48. The zero-order valence-corrected chi connectivity index (χ0v) is 20.1. The van der Waals surface area contributed by atoms with Gasteiger partial charge in [-0.3, -0.25) is 9.69 Å². The fourth-order valence-corrected chi connectivity index (χ4v) is 5.12. The van der Waals surface area contributed by atoms with Crippen molar-refractivity contribution < 1.29 is 18.0 Å². The molecule has 1 spiro atoms. The minimum Gasteiger partial charge on any atom is -0.392 e. The van der Waals surface area contributed by atoms with Gasteiger partial charge in [0, 0.05) is 18.4 Å². The molecule has 182 valence electrons. The molecule has 1 aliphatic heterocycles. The van der Waals surface area contributed by atoms with Crippen LogP contribution in [-0.4, -0.2) is 23.6 Å². The lowest BCUT2D eigenvalue weighted by Crippen LogP contribution is -2.55. The summed E-state index contributed by atoms with van der Waals surface area (Å²) in [4.78, 5) is 16.5. The number of alkyl halides is 3. The van der Waals surface area contributed by atoms with Crippen molar-refractivity contribution >= 4 is 34.6 Å². The smallest absolute Gasteiger partial charge is 0.392 e. The first-order valence-corrected chi connectivity index (χ1v) is 11.8. The molecule has 1 aliphatic carbocycles. The predicted octanol–water partition coefficient (Wildman–Crippen LogP) is 5.69. The van der Waals surface area contributed by atoms with E-state index in [9.17, 15) is 18.0 Å². The molecule has 1 amide bonds. The van der Waals surface area contributed by atoms with Crippen LogP contribution in [0.25, 0.3) is 0 Å². The van der Waals surface area contributed by atoms with Crippen LogP contribution in [0.15, 0.2) is 54.7 Å². The number of hydrogen-bond acceptors (Lipinski definition) is 4. The Morgan fingerprint density at radius 1 is 1.20 bits per heavy atom. The molecule has 35 heavy (non-hydrogen) atoms. The Labute approximate surface area is 207 Å². The maximum Gasteiger partial charge on any atom is 0.417 e. The number of nitrogens with zero attached hydrogens (tertiary/aromatic N) is 3. The number of carbonyl (C=O) groups excluding carboxylic acids is 1. The van der Waals surface area contributed by atoms with E-state index in [1.807, 2.05) is 31.3 Å². The van der Waals surface area contributed by atoms with Gasteiger partial charge in [-0.15, -0.1) is 0 Å². The van der Waals surface area contributed by atoms with Crippen molar-refractivity contribution in [1.29, 1.82) is 5.26 Å². The molecule has 9 heteroatoms. The van der Waals surface area contributed by atoms with Crippen LogP contribution in [0.4, 0.5) is 24.5 Å². The molecule has 1 heterocycles. The Morgan fingerprint density at radius 3 is 2.40 bits per heavy atom. The molecule has 0 bridgehead atoms. The fraction of sp³-hybridized carbons (Fsp3) is 0.346. The average molecular weight is 499 g/mol. The summed E-state index contributed by atoms with van der Waals surface area (Å²) in [7, 11) is 1.85. The van der Waals surface area contributed by atoms with Crippen molar-refractivity contribution in [3.63, 3.8) is 0 Å². The second kappa shape index (κ2) is 9.34. The van der Waals surface area contributed by atoms with E-state index < -0.39 is 22.8 Å². The SMILES string of the molecule is C=C(CCCc1ccc(N2C(=S)N(c3ccc(C#N)c(C(F)(F)F)c3)C(=O)C23CCC3)cc1)NC. The topological polar surface area (TPSA) is 59.4 Å². The van der Waals surface area contributed by atoms with Crippen molar-refractivity contribution in [1.82, 2.24) is 5.32 Å². The number of amides is 1. The second-order valence-electron chi connectivity index (χ2n) is 8.86. The molecule has 2 fully saturated rings. The number of rotatable bonds is 7. The largest absolute Gasteiger partial charge is 0.417 e. The summed E-state index contributed by atoms with van der Waals surface area (Å²) >= 11 is 5.66. The lowest BCUT2D eigenvalue weighted by atomic mass is 9.75. The van der Waals surface area contributed by atoms with Gasteiger partial charge in [0.05, 0.1) is 22.9 Å². The van der Waals surface area contributed by atoms with E-state index >= 15 is 0 Å². The third-order valence-electron chi connectivity index (χ3n) is 6.77. The molecule has 0 unspecified atom stereocenters. The fourth-order valence-electron chi connectivity index (χ4n) is 4.65. The molecule has 0 radical (unpaired) electrons. The molecule has 2 aliphatic rings. The number of aryl methyl sites for hydroxylation is 1. The van der Waals surface area contributed by atoms with Crippen molar-refractivity contribution in [3.8, 4) is 6.07 Å². The minimum atomic E-state index is -4.73. The van der Waals surface area contributed by atoms with Crippen LogP contribution in [0.5, 0.6) is 0 Å². The van der Waals surface area contributed by atoms with Gasteiger partial charge in [-0.2, -0.15) is 18.4 Å². The van der Waals surface area contributed by atoms with Gasteiger partial charge < -0.3 is 10.2 Å². The third kappa shape index (κ3) is 4.39. The Bertz CT molecular complexity index is 1210. The number of thiocarbonyl (C=S) groups is 1. The van der Waals surface area contributed by atoms with E-state index in [-0.39, 0.29) is 16.7 Å². The number of hydrogen-bond donors (Lipinski definition) is 1. The van der Waals surface area contributed by atoms with Crippen molar-refractivity contribution in [2.45, 2.75) is 50.2 Å². The summed E-state index contributed by atoms with van der Waals surface area (Å²) in [5, 5.41) is 12.3. The van der Waals surface area contributed by atoms with Gasteiger partial charge in [0.1, 0.15) is 5.54 Å². The highest BCUT2D eigenvalue weighted by Gasteiger charge is 2.59. The highest BCUT2D eigenvalue weighted by molar-refractivity contribution is 7.81. The Kier molecular flexibility index (Phi) is 6.60. The van der Waals surface area contributed by atoms with Gasteiger partial charge in [0.25, 0.3) is 5.91 Å². The molecule has 1 saturated heterocycles. The average Bonchev–Trinajstić information content (AvgIpc) is 3.05. The molecule has 1 saturated carbocycles. The molecule has 2 aromatic rings. The third-order valence-corrected chi connectivity index (χ3v) is 7.14. The minimum absolute atomic E-state index is 0.0153. The molecule has 0 aromatic heterocycles.